The summed E-state index contributed by atoms with van der Waals surface area (Å²) in [5, 5.41) is 0. The molecule has 20 heavy (non-hydrogen) atoms. The first-order valence-electron chi connectivity index (χ1n) is 6.39. The SMILES string of the molecule is COc1ccc(CN)cc1COc1ccc(F)cc1C. The Balaban J connectivity index is 2.17. The van der Waals surface area contributed by atoms with E-state index in [0.717, 1.165) is 22.4 Å². The number of nitrogens with two attached hydrogens (primary N) is 1. The normalized spacial score (nSPS) is 10.4. The Hall–Kier alpha value is -2.07. The molecule has 0 unspecified atom stereocenters. The van der Waals surface area contributed by atoms with Gasteiger partial charge in [0, 0.05) is 12.1 Å². The third kappa shape index (κ3) is 3.27. The number of aryl methyl sites for hydroxylation is 1. The molecule has 2 rings (SSSR count). The molecule has 2 aromatic rings. The van der Waals surface area contributed by atoms with Crippen LogP contribution in [0.2, 0.25) is 0 Å². The van der Waals surface area contributed by atoms with Crippen molar-refractivity contribution in [3.8, 4) is 11.5 Å². The van der Waals surface area contributed by atoms with Crippen molar-refractivity contribution >= 4 is 0 Å². The minimum Gasteiger partial charge on any atom is -0.496 e. The zero-order chi connectivity index (χ0) is 14.5. The van der Waals surface area contributed by atoms with Crippen LogP contribution < -0.4 is 15.2 Å². The zero-order valence-electron chi connectivity index (χ0n) is 11.7. The smallest absolute Gasteiger partial charge is 0.125 e. The van der Waals surface area contributed by atoms with Crippen molar-refractivity contribution in [2.45, 2.75) is 20.1 Å². The molecule has 0 heterocycles. The number of hydrogen-bond donors (Lipinski definition) is 1. The van der Waals surface area contributed by atoms with Gasteiger partial charge >= 0.3 is 0 Å². The molecule has 0 spiro atoms. The van der Waals surface area contributed by atoms with Gasteiger partial charge in [-0.3, -0.25) is 0 Å². The lowest BCUT2D eigenvalue weighted by Crippen LogP contribution is -2.03. The average Bonchev–Trinajstić information content (AvgIpc) is 2.46. The lowest BCUT2D eigenvalue weighted by atomic mass is 10.1. The second-order valence-corrected chi connectivity index (χ2v) is 4.55. The van der Waals surface area contributed by atoms with Gasteiger partial charge in [0.1, 0.15) is 23.9 Å². The van der Waals surface area contributed by atoms with Gasteiger partial charge in [-0.2, -0.15) is 0 Å². The highest BCUT2D eigenvalue weighted by atomic mass is 19.1. The molecule has 0 aliphatic heterocycles. The summed E-state index contributed by atoms with van der Waals surface area (Å²) < 4.78 is 24.1. The van der Waals surface area contributed by atoms with Crippen LogP contribution in [0.25, 0.3) is 0 Å². The van der Waals surface area contributed by atoms with E-state index < -0.39 is 0 Å². The summed E-state index contributed by atoms with van der Waals surface area (Å²) in [4.78, 5) is 0. The van der Waals surface area contributed by atoms with Crippen molar-refractivity contribution in [1.82, 2.24) is 0 Å². The van der Waals surface area contributed by atoms with Crippen molar-refractivity contribution in [2.24, 2.45) is 5.73 Å². The monoisotopic (exact) mass is 275 g/mol. The summed E-state index contributed by atoms with van der Waals surface area (Å²) in [5.41, 5.74) is 8.33. The van der Waals surface area contributed by atoms with Crippen LogP contribution in [0, 0.1) is 12.7 Å². The molecule has 4 heteroatoms. The minimum absolute atomic E-state index is 0.266. The van der Waals surface area contributed by atoms with Crippen molar-refractivity contribution in [1.29, 1.82) is 0 Å². The van der Waals surface area contributed by atoms with Gasteiger partial charge in [0.25, 0.3) is 0 Å². The first kappa shape index (κ1) is 14.3. The molecular formula is C16H18FNO2. The fourth-order valence-electron chi connectivity index (χ4n) is 2.00. The van der Waals surface area contributed by atoms with Crippen molar-refractivity contribution in [2.75, 3.05) is 7.11 Å². The van der Waals surface area contributed by atoms with Gasteiger partial charge in [-0.15, -0.1) is 0 Å². The number of methoxy groups -OCH3 is 1. The average molecular weight is 275 g/mol. The van der Waals surface area contributed by atoms with E-state index in [1.54, 1.807) is 13.2 Å². The van der Waals surface area contributed by atoms with E-state index in [4.69, 9.17) is 15.2 Å². The number of halogens is 1. The molecule has 2 aromatic carbocycles. The standard InChI is InChI=1S/C16H18FNO2/c1-11-7-14(17)4-6-15(11)20-10-13-8-12(9-18)3-5-16(13)19-2/h3-8H,9-10,18H2,1-2H3. The molecule has 0 radical (unpaired) electrons. The Morgan fingerprint density at radius 3 is 2.50 bits per heavy atom. The van der Waals surface area contributed by atoms with Gasteiger partial charge < -0.3 is 15.2 Å². The lowest BCUT2D eigenvalue weighted by molar-refractivity contribution is 0.294. The largest absolute Gasteiger partial charge is 0.496 e. The molecule has 0 aromatic heterocycles. The van der Waals surface area contributed by atoms with E-state index in [2.05, 4.69) is 0 Å². The van der Waals surface area contributed by atoms with E-state index in [0.29, 0.717) is 18.9 Å². The quantitative estimate of drug-likeness (QED) is 0.911. The summed E-state index contributed by atoms with van der Waals surface area (Å²) in [6.45, 7) is 2.63. The maximum atomic E-state index is 13.0. The van der Waals surface area contributed by atoms with E-state index in [1.807, 2.05) is 25.1 Å². The van der Waals surface area contributed by atoms with Crippen LogP contribution in [0.5, 0.6) is 11.5 Å². The fourth-order valence-corrected chi connectivity index (χ4v) is 2.00. The van der Waals surface area contributed by atoms with Gasteiger partial charge in [0.2, 0.25) is 0 Å². The van der Waals surface area contributed by atoms with Gasteiger partial charge in [-0.25, -0.2) is 4.39 Å². The summed E-state index contributed by atoms with van der Waals surface area (Å²) in [7, 11) is 1.62. The molecule has 0 aliphatic carbocycles. The van der Waals surface area contributed by atoms with Crippen molar-refractivity contribution in [3.05, 3.63) is 58.9 Å². The molecule has 0 bridgehead atoms. The van der Waals surface area contributed by atoms with Crippen LogP contribution in [0.4, 0.5) is 4.39 Å². The molecule has 0 fully saturated rings. The number of benzene rings is 2. The Labute approximate surface area is 118 Å². The summed E-state index contributed by atoms with van der Waals surface area (Å²) in [6, 6.07) is 10.2. The molecular weight excluding hydrogens is 257 g/mol. The second-order valence-electron chi connectivity index (χ2n) is 4.55. The minimum atomic E-state index is -0.266. The lowest BCUT2D eigenvalue weighted by Gasteiger charge is -2.13. The van der Waals surface area contributed by atoms with Gasteiger partial charge in [-0.1, -0.05) is 6.07 Å². The first-order chi connectivity index (χ1) is 9.63. The predicted octanol–water partition coefficient (Wildman–Crippen LogP) is 3.18. The summed E-state index contributed by atoms with van der Waals surface area (Å²) >= 11 is 0. The van der Waals surface area contributed by atoms with Crippen LogP contribution in [-0.2, 0) is 13.2 Å². The van der Waals surface area contributed by atoms with E-state index in [1.165, 1.54) is 12.1 Å². The molecule has 2 N–H and O–H groups in total. The highest BCUT2D eigenvalue weighted by molar-refractivity contribution is 5.38. The fraction of sp³-hybridized carbons (Fsp3) is 0.250. The molecule has 0 saturated carbocycles. The molecule has 0 amide bonds. The Kier molecular flexibility index (Phi) is 4.58. The maximum Gasteiger partial charge on any atom is 0.125 e. The third-order valence-electron chi connectivity index (χ3n) is 3.10. The summed E-state index contributed by atoms with van der Waals surface area (Å²) in [6.07, 6.45) is 0. The molecule has 106 valence electrons. The molecule has 3 nitrogen and oxygen atoms in total. The molecule has 0 aliphatic rings. The van der Waals surface area contributed by atoms with E-state index in [9.17, 15) is 4.39 Å². The van der Waals surface area contributed by atoms with Gasteiger partial charge in [0.05, 0.1) is 7.11 Å². The highest BCUT2D eigenvalue weighted by Crippen LogP contribution is 2.24. The van der Waals surface area contributed by atoms with E-state index in [-0.39, 0.29) is 5.82 Å². The summed E-state index contributed by atoms with van der Waals surface area (Å²) in [5.74, 6) is 1.14. The van der Waals surface area contributed by atoms with Gasteiger partial charge in [0.15, 0.2) is 0 Å². The predicted molar refractivity (Wildman–Crippen MR) is 76.4 cm³/mol. The maximum absolute atomic E-state index is 13.0. The Bertz CT molecular complexity index is 599. The first-order valence-corrected chi connectivity index (χ1v) is 6.39. The third-order valence-corrected chi connectivity index (χ3v) is 3.10. The number of rotatable bonds is 5. The van der Waals surface area contributed by atoms with Crippen LogP contribution in [-0.4, -0.2) is 7.11 Å². The molecule has 0 saturated heterocycles. The van der Waals surface area contributed by atoms with Gasteiger partial charge in [-0.05, 0) is 48.4 Å². The van der Waals surface area contributed by atoms with Crippen LogP contribution in [0.1, 0.15) is 16.7 Å². The van der Waals surface area contributed by atoms with Crippen LogP contribution in [0.3, 0.4) is 0 Å². The number of hydrogen-bond acceptors (Lipinski definition) is 3. The topological polar surface area (TPSA) is 44.5 Å². The number of ether oxygens (including phenoxy) is 2. The van der Waals surface area contributed by atoms with Crippen LogP contribution in [0.15, 0.2) is 36.4 Å². The molecule has 0 atom stereocenters. The van der Waals surface area contributed by atoms with Crippen LogP contribution >= 0.6 is 0 Å². The zero-order valence-corrected chi connectivity index (χ0v) is 11.7. The van der Waals surface area contributed by atoms with Crippen molar-refractivity contribution in [3.63, 3.8) is 0 Å². The second kappa shape index (κ2) is 6.39. The van der Waals surface area contributed by atoms with Crippen molar-refractivity contribution < 1.29 is 13.9 Å². The highest BCUT2D eigenvalue weighted by Gasteiger charge is 2.07. The Morgan fingerprint density at radius 1 is 1.10 bits per heavy atom. The Morgan fingerprint density at radius 2 is 1.85 bits per heavy atom. The van der Waals surface area contributed by atoms with E-state index >= 15 is 0 Å².